The molecular formula is C29H31BrN4O2. The third-order valence-corrected chi connectivity index (χ3v) is 6.63. The van der Waals surface area contributed by atoms with Crippen molar-refractivity contribution in [1.82, 2.24) is 14.8 Å². The molecule has 2 N–H and O–H groups in total. The molecule has 0 bridgehead atoms. The fourth-order valence-electron chi connectivity index (χ4n) is 4.21. The minimum absolute atomic E-state index is 0.0247. The molecule has 0 aliphatic heterocycles. The quantitative estimate of drug-likeness (QED) is 0.240. The number of anilines is 1. The molecule has 3 amide bonds. The van der Waals surface area contributed by atoms with E-state index in [4.69, 9.17) is 0 Å². The lowest BCUT2D eigenvalue weighted by atomic mass is 10.1. The summed E-state index contributed by atoms with van der Waals surface area (Å²) in [4.78, 5) is 33.3. The van der Waals surface area contributed by atoms with Crippen LogP contribution in [0.5, 0.6) is 0 Å². The van der Waals surface area contributed by atoms with Gasteiger partial charge in [-0.25, -0.2) is 4.79 Å². The maximum Gasteiger partial charge on any atom is 0.322 e. The molecule has 0 radical (unpaired) electrons. The number of carbonyl (C=O) groups excluding carboxylic acids is 2. The molecule has 0 saturated carbocycles. The Bertz CT molecular complexity index is 1290. The SMILES string of the molecule is CCCN(CC(=O)N(CCc1c[nH]c2ccccc12)Cc1ccccc1)C(=O)Nc1ccc(Br)cc1. The molecule has 0 atom stereocenters. The van der Waals surface area contributed by atoms with Crippen molar-refractivity contribution in [1.29, 1.82) is 0 Å². The third-order valence-electron chi connectivity index (χ3n) is 6.10. The number of urea groups is 1. The number of amides is 3. The van der Waals surface area contributed by atoms with Crippen LogP contribution in [0.1, 0.15) is 24.5 Å². The first kappa shape index (κ1) is 25.5. The number of aromatic nitrogens is 1. The summed E-state index contributed by atoms with van der Waals surface area (Å²) in [5, 5.41) is 4.09. The van der Waals surface area contributed by atoms with E-state index < -0.39 is 0 Å². The monoisotopic (exact) mass is 546 g/mol. The zero-order valence-corrected chi connectivity index (χ0v) is 22.0. The molecule has 1 aromatic heterocycles. The van der Waals surface area contributed by atoms with Crippen LogP contribution in [0.2, 0.25) is 0 Å². The number of hydrogen-bond acceptors (Lipinski definition) is 2. The summed E-state index contributed by atoms with van der Waals surface area (Å²) >= 11 is 3.41. The van der Waals surface area contributed by atoms with Crippen molar-refractivity contribution in [2.24, 2.45) is 0 Å². The van der Waals surface area contributed by atoms with Crippen molar-refractivity contribution in [2.75, 3.05) is 25.0 Å². The van der Waals surface area contributed by atoms with Gasteiger partial charge in [-0.05, 0) is 54.3 Å². The Hall–Kier alpha value is -3.58. The summed E-state index contributed by atoms with van der Waals surface area (Å²) in [7, 11) is 0. The number of fused-ring (bicyclic) bond motifs is 1. The molecule has 1 heterocycles. The number of hydrogen-bond donors (Lipinski definition) is 2. The van der Waals surface area contributed by atoms with E-state index in [0.29, 0.717) is 25.3 Å². The van der Waals surface area contributed by atoms with Gasteiger partial charge in [0.25, 0.3) is 0 Å². The first-order chi connectivity index (χ1) is 17.5. The lowest BCUT2D eigenvalue weighted by Crippen LogP contribution is -2.45. The highest BCUT2D eigenvalue weighted by atomic mass is 79.9. The largest absolute Gasteiger partial charge is 0.361 e. The summed E-state index contributed by atoms with van der Waals surface area (Å²) in [5.41, 5.74) is 4.02. The molecule has 7 heteroatoms. The van der Waals surface area contributed by atoms with Crippen LogP contribution in [0.3, 0.4) is 0 Å². The average molecular weight is 547 g/mol. The summed E-state index contributed by atoms with van der Waals surface area (Å²) in [6.45, 7) is 3.58. The van der Waals surface area contributed by atoms with E-state index in [0.717, 1.165) is 28.4 Å². The first-order valence-corrected chi connectivity index (χ1v) is 13.0. The molecule has 186 valence electrons. The fourth-order valence-corrected chi connectivity index (χ4v) is 4.48. The van der Waals surface area contributed by atoms with Crippen molar-refractivity contribution in [3.8, 4) is 0 Å². The number of para-hydroxylation sites is 1. The molecule has 0 fully saturated rings. The van der Waals surface area contributed by atoms with Crippen LogP contribution in [-0.2, 0) is 17.8 Å². The van der Waals surface area contributed by atoms with Crippen LogP contribution < -0.4 is 5.32 Å². The molecule has 6 nitrogen and oxygen atoms in total. The van der Waals surface area contributed by atoms with Crippen LogP contribution in [0, 0.1) is 0 Å². The molecule has 0 spiro atoms. The van der Waals surface area contributed by atoms with E-state index in [1.54, 1.807) is 4.90 Å². The van der Waals surface area contributed by atoms with Crippen molar-refractivity contribution in [2.45, 2.75) is 26.3 Å². The highest BCUT2D eigenvalue weighted by molar-refractivity contribution is 9.10. The number of halogens is 1. The van der Waals surface area contributed by atoms with Crippen LogP contribution in [-0.4, -0.2) is 46.4 Å². The lowest BCUT2D eigenvalue weighted by molar-refractivity contribution is -0.132. The second-order valence-corrected chi connectivity index (χ2v) is 9.68. The Labute approximate surface area is 220 Å². The van der Waals surface area contributed by atoms with Crippen molar-refractivity contribution in [3.63, 3.8) is 0 Å². The molecule has 4 aromatic rings. The predicted octanol–water partition coefficient (Wildman–Crippen LogP) is 6.45. The number of aromatic amines is 1. The van der Waals surface area contributed by atoms with Crippen LogP contribution in [0.15, 0.2) is 89.5 Å². The number of nitrogens with zero attached hydrogens (tertiary/aromatic N) is 2. The number of benzene rings is 3. The zero-order chi connectivity index (χ0) is 25.3. The maximum atomic E-state index is 13.5. The second kappa shape index (κ2) is 12.4. The van der Waals surface area contributed by atoms with E-state index in [9.17, 15) is 9.59 Å². The van der Waals surface area contributed by atoms with Gasteiger partial charge in [-0.3, -0.25) is 4.79 Å². The van der Waals surface area contributed by atoms with Crippen LogP contribution in [0.4, 0.5) is 10.5 Å². The van der Waals surface area contributed by atoms with Gasteiger partial charge in [0.15, 0.2) is 0 Å². The Kier molecular flexibility index (Phi) is 8.79. The van der Waals surface area contributed by atoms with Gasteiger partial charge >= 0.3 is 6.03 Å². The Morgan fingerprint density at radius 2 is 1.61 bits per heavy atom. The maximum absolute atomic E-state index is 13.5. The number of H-pyrrole nitrogens is 1. The fraction of sp³-hybridized carbons (Fsp3) is 0.241. The highest BCUT2D eigenvalue weighted by Crippen LogP contribution is 2.19. The Balaban J connectivity index is 1.48. The molecule has 4 rings (SSSR count). The average Bonchev–Trinajstić information content (AvgIpc) is 3.31. The number of nitrogens with one attached hydrogen (secondary N) is 2. The molecule has 0 aliphatic carbocycles. The number of rotatable bonds is 10. The van der Waals surface area contributed by atoms with Gasteiger partial charge in [-0.2, -0.15) is 0 Å². The highest BCUT2D eigenvalue weighted by Gasteiger charge is 2.22. The molecule has 36 heavy (non-hydrogen) atoms. The van der Waals surface area contributed by atoms with E-state index in [1.165, 1.54) is 10.9 Å². The van der Waals surface area contributed by atoms with Crippen LogP contribution >= 0.6 is 15.9 Å². The van der Waals surface area contributed by atoms with Crippen molar-refractivity contribution in [3.05, 3.63) is 101 Å². The molecular weight excluding hydrogens is 516 g/mol. The molecule has 0 aliphatic rings. The van der Waals surface area contributed by atoms with Crippen molar-refractivity contribution >= 4 is 44.5 Å². The van der Waals surface area contributed by atoms with Gasteiger partial charge < -0.3 is 20.1 Å². The van der Waals surface area contributed by atoms with Gasteiger partial charge in [0.1, 0.15) is 6.54 Å². The smallest absolute Gasteiger partial charge is 0.322 e. The minimum atomic E-state index is -0.274. The molecule has 0 unspecified atom stereocenters. The van der Waals surface area contributed by atoms with Crippen LogP contribution in [0.25, 0.3) is 10.9 Å². The first-order valence-electron chi connectivity index (χ1n) is 12.2. The standard InChI is InChI=1S/C29H31BrN4O2/c1-2-17-34(29(36)32-25-14-12-24(30)13-15-25)21-28(35)33(20-22-8-4-3-5-9-22)18-16-23-19-31-27-11-7-6-10-26(23)27/h3-15,19,31H,2,16-18,20-21H2,1H3,(H,32,36). The number of carbonyl (C=O) groups is 2. The van der Waals surface area contributed by atoms with Gasteiger partial charge in [-0.15, -0.1) is 0 Å². The topological polar surface area (TPSA) is 68.4 Å². The van der Waals surface area contributed by atoms with E-state index in [-0.39, 0.29) is 18.5 Å². The predicted molar refractivity (Wildman–Crippen MR) is 149 cm³/mol. The normalized spacial score (nSPS) is 10.8. The summed E-state index contributed by atoms with van der Waals surface area (Å²) in [5.74, 6) is -0.0712. The van der Waals surface area contributed by atoms with Gasteiger partial charge in [0.2, 0.25) is 5.91 Å². The zero-order valence-electron chi connectivity index (χ0n) is 20.4. The van der Waals surface area contributed by atoms with E-state index in [1.807, 2.05) is 84.8 Å². The Morgan fingerprint density at radius 3 is 2.36 bits per heavy atom. The summed E-state index contributed by atoms with van der Waals surface area (Å²) in [6.07, 6.45) is 3.50. The summed E-state index contributed by atoms with van der Waals surface area (Å²) < 4.78 is 0.938. The summed E-state index contributed by atoms with van der Waals surface area (Å²) in [6, 6.07) is 25.3. The molecule has 0 saturated heterocycles. The van der Waals surface area contributed by atoms with Crippen molar-refractivity contribution < 1.29 is 9.59 Å². The van der Waals surface area contributed by atoms with Gasteiger partial charge in [-0.1, -0.05) is 71.4 Å². The third kappa shape index (κ3) is 6.76. The minimum Gasteiger partial charge on any atom is -0.361 e. The Morgan fingerprint density at radius 1 is 0.889 bits per heavy atom. The van der Waals surface area contributed by atoms with Gasteiger partial charge in [0.05, 0.1) is 0 Å². The molecule has 3 aromatic carbocycles. The van der Waals surface area contributed by atoms with E-state index >= 15 is 0 Å². The second-order valence-electron chi connectivity index (χ2n) is 8.77. The van der Waals surface area contributed by atoms with E-state index in [2.05, 4.69) is 38.4 Å². The van der Waals surface area contributed by atoms with Gasteiger partial charge in [0, 0.05) is 46.9 Å². The lowest BCUT2D eigenvalue weighted by Gasteiger charge is -2.28.